The molecule has 23 heavy (non-hydrogen) atoms. The van der Waals surface area contributed by atoms with E-state index in [0.717, 1.165) is 12.1 Å². The van der Waals surface area contributed by atoms with Crippen molar-refractivity contribution < 1.29 is 23.4 Å². The van der Waals surface area contributed by atoms with Gasteiger partial charge in [-0.3, -0.25) is 0 Å². The summed E-state index contributed by atoms with van der Waals surface area (Å²) in [4.78, 5) is 15.8. The molecule has 1 heterocycles. The van der Waals surface area contributed by atoms with Gasteiger partial charge in [0.2, 0.25) is 0 Å². The fraction of sp³-hybridized carbons (Fsp3) is 0.0588. The van der Waals surface area contributed by atoms with E-state index >= 15 is 0 Å². The van der Waals surface area contributed by atoms with Crippen LogP contribution in [0.5, 0.6) is 5.75 Å². The summed E-state index contributed by atoms with van der Waals surface area (Å²) in [5.41, 5.74) is 0.944. The summed E-state index contributed by atoms with van der Waals surface area (Å²) < 4.78 is 31.6. The molecular formula is C17H11F2NO3. The lowest BCUT2D eigenvalue weighted by Gasteiger charge is -2.09. The summed E-state index contributed by atoms with van der Waals surface area (Å²) in [6.45, 7) is 0. The first-order chi connectivity index (χ1) is 11.0. The van der Waals surface area contributed by atoms with E-state index in [0.29, 0.717) is 16.7 Å². The minimum absolute atomic E-state index is 0.0254. The minimum Gasteiger partial charge on any atom is -0.497 e. The molecule has 0 amide bonds. The normalized spacial score (nSPS) is 10.7. The molecule has 0 aliphatic carbocycles. The van der Waals surface area contributed by atoms with E-state index in [-0.39, 0.29) is 16.8 Å². The molecule has 0 saturated carbocycles. The number of nitrogens with zero attached hydrogens (tertiary/aromatic N) is 1. The third-order valence-electron chi connectivity index (χ3n) is 3.46. The fourth-order valence-corrected chi connectivity index (χ4v) is 2.32. The topological polar surface area (TPSA) is 59.4 Å². The van der Waals surface area contributed by atoms with Crippen LogP contribution < -0.4 is 4.74 Å². The molecule has 0 spiro atoms. The van der Waals surface area contributed by atoms with Crippen molar-refractivity contribution in [2.24, 2.45) is 0 Å². The first-order valence-corrected chi connectivity index (χ1v) is 6.67. The van der Waals surface area contributed by atoms with Crippen molar-refractivity contribution in [3.8, 4) is 17.0 Å². The van der Waals surface area contributed by atoms with Gasteiger partial charge in [-0.2, -0.15) is 0 Å². The van der Waals surface area contributed by atoms with E-state index in [4.69, 9.17) is 4.74 Å². The number of aromatic nitrogens is 1. The van der Waals surface area contributed by atoms with E-state index in [1.807, 2.05) is 0 Å². The molecule has 0 aliphatic rings. The van der Waals surface area contributed by atoms with E-state index < -0.39 is 17.6 Å². The average molecular weight is 315 g/mol. The lowest BCUT2D eigenvalue weighted by atomic mass is 10.0. The molecule has 0 fully saturated rings. The number of carboxylic acid groups (broad SMARTS) is 1. The first-order valence-electron chi connectivity index (χ1n) is 6.67. The Morgan fingerprint density at radius 2 is 1.87 bits per heavy atom. The van der Waals surface area contributed by atoms with Crippen LogP contribution in [0.25, 0.3) is 22.2 Å². The van der Waals surface area contributed by atoms with Crippen molar-refractivity contribution in [2.75, 3.05) is 7.11 Å². The van der Waals surface area contributed by atoms with Crippen LogP contribution >= 0.6 is 0 Å². The van der Waals surface area contributed by atoms with Crippen molar-refractivity contribution in [1.29, 1.82) is 0 Å². The number of rotatable bonds is 3. The second-order valence-electron chi connectivity index (χ2n) is 4.87. The molecule has 1 N–H and O–H groups in total. The SMILES string of the molecule is COc1ccc2c(C(=O)O)cc(-c3ccc(F)c(F)c3)nc2c1. The van der Waals surface area contributed by atoms with Crippen LogP contribution in [0.3, 0.4) is 0 Å². The number of aromatic carboxylic acids is 1. The van der Waals surface area contributed by atoms with Gasteiger partial charge in [0.15, 0.2) is 11.6 Å². The minimum atomic E-state index is -1.13. The number of benzene rings is 2. The number of methoxy groups -OCH3 is 1. The van der Waals surface area contributed by atoms with Gasteiger partial charge in [0, 0.05) is 17.0 Å². The maximum Gasteiger partial charge on any atom is 0.336 e. The van der Waals surface area contributed by atoms with Crippen LogP contribution in [0.4, 0.5) is 8.78 Å². The maximum atomic E-state index is 13.4. The molecule has 116 valence electrons. The molecule has 1 aromatic heterocycles. The van der Waals surface area contributed by atoms with Gasteiger partial charge in [-0.1, -0.05) is 0 Å². The maximum absolute atomic E-state index is 13.4. The predicted molar refractivity (Wildman–Crippen MR) is 80.6 cm³/mol. The highest BCUT2D eigenvalue weighted by Crippen LogP contribution is 2.28. The summed E-state index contributed by atoms with van der Waals surface area (Å²) in [5.74, 6) is -2.61. The zero-order valence-corrected chi connectivity index (χ0v) is 12.0. The van der Waals surface area contributed by atoms with Crippen molar-refractivity contribution >= 4 is 16.9 Å². The average Bonchev–Trinajstić information content (AvgIpc) is 2.55. The Hall–Kier alpha value is -3.02. The molecular weight excluding hydrogens is 304 g/mol. The molecule has 3 aromatic rings. The molecule has 2 aromatic carbocycles. The molecule has 4 nitrogen and oxygen atoms in total. The molecule has 0 unspecified atom stereocenters. The van der Waals surface area contributed by atoms with Crippen LogP contribution in [0.15, 0.2) is 42.5 Å². The second-order valence-corrected chi connectivity index (χ2v) is 4.87. The van der Waals surface area contributed by atoms with Crippen molar-refractivity contribution in [2.45, 2.75) is 0 Å². The number of hydrogen-bond donors (Lipinski definition) is 1. The molecule has 0 atom stereocenters. The van der Waals surface area contributed by atoms with Crippen molar-refractivity contribution in [3.63, 3.8) is 0 Å². The molecule has 6 heteroatoms. The second kappa shape index (κ2) is 5.64. The quantitative estimate of drug-likeness (QED) is 0.796. The van der Waals surface area contributed by atoms with Gasteiger partial charge in [-0.15, -0.1) is 0 Å². The predicted octanol–water partition coefficient (Wildman–Crippen LogP) is 3.89. The van der Waals surface area contributed by atoms with Crippen LogP contribution in [-0.4, -0.2) is 23.2 Å². The van der Waals surface area contributed by atoms with Crippen LogP contribution in [-0.2, 0) is 0 Å². The van der Waals surface area contributed by atoms with Gasteiger partial charge in [-0.05, 0) is 36.4 Å². The Balaban J connectivity index is 2.28. The lowest BCUT2D eigenvalue weighted by molar-refractivity contribution is 0.0699. The van der Waals surface area contributed by atoms with Gasteiger partial charge < -0.3 is 9.84 Å². The van der Waals surface area contributed by atoms with E-state index in [2.05, 4.69) is 4.98 Å². The fourth-order valence-electron chi connectivity index (χ4n) is 2.32. The number of pyridine rings is 1. The highest BCUT2D eigenvalue weighted by Gasteiger charge is 2.14. The highest BCUT2D eigenvalue weighted by molar-refractivity contribution is 6.04. The summed E-state index contributed by atoms with van der Waals surface area (Å²) in [6, 6.07) is 9.46. The number of carbonyl (C=O) groups is 1. The van der Waals surface area contributed by atoms with Gasteiger partial charge >= 0.3 is 5.97 Å². The number of ether oxygens (including phenoxy) is 1. The number of fused-ring (bicyclic) bond motifs is 1. The number of halogens is 2. The van der Waals surface area contributed by atoms with Gasteiger partial charge in [0.25, 0.3) is 0 Å². The Kier molecular flexibility index (Phi) is 3.65. The Morgan fingerprint density at radius 1 is 1.09 bits per heavy atom. The Morgan fingerprint density at radius 3 is 2.52 bits per heavy atom. The Bertz CT molecular complexity index is 925. The molecule has 0 aliphatic heterocycles. The van der Waals surface area contributed by atoms with Gasteiger partial charge in [-0.25, -0.2) is 18.6 Å². The summed E-state index contributed by atoms with van der Waals surface area (Å²) >= 11 is 0. The zero-order chi connectivity index (χ0) is 16.6. The molecule has 0 radical (unpaired) electrons. The van der Waals surface area contributed by atoms with Crippen LogP contribution in [0.1, 0.15) is 10.4 Å². The molecule has 0 saturated heterocycles. The first kappa shape index (κ1) is 14.9. The summed E-state index contributed by atoms with van der Waals surface area (Å²) in [6.07, 6.45) is 0. The van der Waals surface area contributed by atoms with Crippen molar-refractivity contribution in [1.82, 2.24) is 4.98 Å². The molecule has 3 rings (SSSR count). The zero-order valence-electron chi connectivity index (χ0n) is 12.0. The van der Waals surface area contributed by atoms with E-state index in [1.165, 1.54) is 19.2 Å². The smallest absolute Gasteiger partial charge is 0.336 e. The lowest BCUT2D eigenvalue weighted by Crippen LogP contribution is -2.01. The monoisotopic (exact) mass is 315 g/mol. The number of hydrogen-bond acceptors (Lipinski definition) is 3. The third-order valence-corrected chi connectivity index (χ3v) is 3.46. The summed E-state index contributed by atoms with van der Waals surface area (Å²) in [5, 5.41) is 9.82. The van der Waals surface area contributed by atoms with Gasteiger partial charge in [0.05, 0.1) is 23.9 Å². The van der Waals surface area contributed by atoms with E-state index in [9.17, 15) is 18.7 Å². The van der Waals surface area contributed by atoms with Gasteiger partial charge in [0.1, 0.15) is 5.75 Å². The Labute approximate surface area is 130 Å². The summed E-state index contributed by atoms with van der Waals surface area (Å²) in [7, 11) is 1.48. The van der Waals surface area contributed by atoms with Crippen LogP contribution in [0, 0.1) is 11.6 Å². The number of carboxylic acids is 1. The molecule has 0 bridgehead atoms. The van der Waals surface area contributed by atoms with E-state index in [1.54, 1.807) is 18.2 Å². The largest absolute Gasteiger partial charge is 0.497 e. The highest BCUT2D eigenvalue weighted by atomic mass is 19.2. The van der Waals surface area contributed by atoms with Crippen LogP contribution in [0.2, 0.25) is 0 Å². The third kappa shape index (κ3) is 2.70. The standard InChI is InChI=1S/C17H11F2NO3/c1-23-10-3-4-11-12(17(21)22)8-15(20-16(11)7-10)9-2-5-13(18)14(19)6-9/h2-8H,1H3,(H,21,22). The van der Waals surface area contributed by atoms with Crippen molar-refractivity contribution in [3.05, 3.63) is 59.7 Å².